The number of nitrogens with zero attached hydrogens (tertiary/aromatic N) is 2. The van der Waals surface area contributed by atoms with Crippen molar-refractivity contribution in [3.05, 3.63) is 0 Å². The molecular weight excluding hydrogens is 636 g/mol. The normalized spacial score (nSPS) is 25.6. The number of carbonyl (C=O) groups is 5. The number of rotatable bonds is 13. The van der Waals surface area contributed by atoms with Crippen LogP contribution in [0.1, 0.15) is 92.4 Å². The molecule has 268 valence electrons. The fraction of sp³-hybridized carbons (Fsp3) is 0.794. The van der Waals surface area contributed by atoms with Crippen LogP contribution in [-0.4, -0.2) is 103 Å². The monoisotopic (exact) mass is 690 g/mol. The molecule has 14 heteroatoms. The van der Waals surface area contributed by atoms with Gasteiger partial charge in [-0.15, -0.1) is 12.3 Å². The zero-order valence-corrected chi connectivity index (χ0v) is 30.3. The van der Waals surface area contributed by atoms with Crippen molar-refractivity contribution in [2.24, 2.45) is 22.7 Å². The lowest BCUT2D eigenvalue weighted by atomic mass is 9.83. The first kappa shape index (κ1) is 37.6. The van der Waals surface area contributed by atoms with Gasteiger partial charge in [0.25, 0.3) is 5.91 Å². The summed E-state index contributed by atoms with van der Waals surface area (Å²) in [7, 11) is -0.710. The van der Waals surface area contributed by atoms with E-state index in [4.69, 9.17) is 6.42 Å². The number of hydrogen-bond acceptors (Lipinski definition) is 7. The predicted molar refractivity (Wildman–Crippen MR) is 181 cm³/mol. The van der Waals surface area contributed by atoms with Crippen LogP contribution in [0.25, 0.3) is 0 Å². The van der Waals surface area contributed by atoms with Crippen molar-refractivity contribution in [1.82, 2.24) is 30.5 Å². The average molecular weight is 691 g/mol. The number of piperidine rings is 1. The number of likely N-dealkylation sites (tertiary alicyclic amines) is 1. The molecule has 5 amide bonds. The Morgan fingerprint density at radius 1 is 1.02 bits per heavy atom. The van der Waals surface area contributed by atoms with Gasteiger partial charge in [-0.05, 0) is 54.8 Å². The molecule has 0 unspecified atom stereocenters. The summed E-state index contributed by atoms with van der Waals surface area (Å²) in [5.41, 5.74) is -1.99. The smallest absolute Gasteiger partial charge is 0.315 e. The molecule has 1 saturated heterocycles. The van der Waals surface area contributed by atoms with Crippen LogP contribution in [0.2, 0.25) is 0 Å². The highest BCUT2D eigenvalue weighted by atomic mass is 32.2. The van der Waals surface area contributed by atoms with Crippen molar-refractivity contribution < 1.29 is 32.4 Å². The molecule has 0 spiro atoms. The number of terminal acetylenes is 1. The number of urea groups is 1. The molecule has 0 aromatic heterocycles. The van der Waals surface area contributed by atoms with E-state index in [1.807, 2.05) is 34.6 Å². The SMILES string of the molecule is C#CCC[C@H](NC(=O)[C@@H]1[C@@H]2[C@H](CN1C(=O)[C@@H](NC(=O)NC1(CS(=O)(=O)N(C)C)CCCCC1)C(C)(C)C)C2(C)C)C(=O)C(=O)NC1CC1. The molecule has 1 heterocycles. The van der Waals surface area contributed by atoms with Crippen molar-refractivity contribution >= 4 is 39.6 Å². The zero-order chi connectivity index (χ0) is 35.8. The van der Waals surface area contributed by atoms with Crippen LogP contribution in [0.3, 0.4) is 0 Å². The minimum Gasteiger partial charge on any atom is -0.347 e. The summed E-state index contributed by atoms with van der Waals surface area (Å²) in [6, 6.07) is -3.80. The molecule has 0 radical (unpaired) electrons. The standard InChI is InChI=1S/C34H54N6O7S/c1-9-10-14-23(26(41)29(43)35-21-15-16-21)36-28(42)25-24-22(33(24,5)6)19-40(25)30(44)27(32(2,3)4)37-31(45)38-34(17-12-11-13-18-34)20-48(46,47)39(7)8/h1,21-25,27H,10-20H2,2-8H3,(H,35,43)(H,36,42)(H2,37,38,45)/t22-,23-,24-,25-,27+/m0/s1. The lowest BCUT2D eigenvalue weighted by Gasteiger charge is -2.41. The molecule has 1 aliphatic heterocycles. The Balaban J connectivity index is 1.54. The van der Waals surface area contributed by atoms with Gasteiger partial charge >= 0.3 is 6.03 Å². The number of amides is 5. The Labute approximate surface area is 285 Å². The Morgan fingerprint density at radius 2 is 1.65 bits per heavy atom. The second kappa shape index (κ2) is 14.0. The van der Waals surface area contributed by atoms with Gasteiger partial charge in [0.2, 0.25) is 27.6 Å². The molecule has 0 aromatic carbocycles. The van der Waals surface area contributed by atoms with Crippen LogP contribution in [0, 0.1) is 35.0 Å². The van der Waals surface area contributed by atoms with Crippen LogP contribution in [0.15, 0.2) is 0 Å². The van der Waals surface area contributed by atoms with Crippen LogP contribution < -0.4 is 21.3 Å². The minimum atomic E-state index is -3.64. The van der Waals surface area contributed by atoms with Gasteiger partial charge in [0.05, 0.1) is 17.3 Å². The number of sulfonamides is 1. The van der Waals surface area contributed by atoms with E-state index < -0.39 is 68.6 Å². The van der Waals surface area contributed by atoms with Crippen molar-refractivity contribution in [2.75, 3.05) is 26.4 Å². The summed E-state index contributed by atoms with van der Waals surface area (Å²) in [4.78, 5) is 69.2. The highest BCUT2D eigenvalue weighted by molar-refractivity contribution is 7.89. The van der Waals surface area contributed by atoms with Crippen molar-refractivity contribution in [2.45, 2.75) is 122 Å². The molecule has 4 aliphatic rings. The summed E-state index contributed by atoms with van der Waals surface area (Å²) in [5, 5.41) is 11.2. The fourth-order valence-corrected chi connectivity index (χ4v) is 8.76. The summed E-state index contributed by atoms with van der Waals surface area (Å²) in [6.07, 6.45) is 10.7. The van der Waals surface area contributed by atoms with E-state index in [1.54, 1.807) is 0 Å². The molecule has 4 N–H and O–H groups in total. The Kier molecular flexibility index (Phi) is 11.0. The second-order valence-electron chi connectivity index (χ2n) is 16.1. The Bertz CT molecular complexity index is 1440. The van der Waals surface area contributed by atoms with Crippen molar-refractivity contribution in [3.63, 3.8) is 0 Å². The highest BCUT2D eigenvalue weighted by Gasteiger charge is 2.70. The average Bonchev–Trinajstić information content (AvgIpc) is 3.84. The maximum Gasteiger partial charge on any atom is 0.315 e. The summed E-state index contributed by atoms with van der Waals surface area (Å²) < 4.78 is 27.0. The third-order valence-electron chi connectivity index (χ3n) is 10.7. The van der Waals surface area contributed by atoms with Crippen LogP contribution >= 0.6 is 0 Å². The van der Waals surface area contributed by atoms with Crippen LogP contribution in [0.4, 0.5) is 4.79 Å². The molecule has 4 rings (SSSR count). The topological polar surface area (TPSA) is 174 Å². The molecule has 48 heavy (non-hydrogen) atoms. The van der Waals surface area contributed by atoms with Gasteiger partial charge in [0.1, 0.15) is 12.1 Å². The lowest BCUT2D eigenvalue weighted by molar-refractivity contribution is -0.145. The van der Waals surface area contributed by atoms with E-state index >= 15 is 0 Å². The number of nitrogens with one attached hydrogen (secondary N) is 4. The predicted octanol–water partition coefficient (Wildman–Crippen LogP) is 1.52. The number of carbonyl (C=O) groups excluding carboxylic acids is 5. The minimum absolute atomic E-state index is 0.0337. The molecule has 13 nitrogen and oxygen atoms in total. The Hall–Kier alpha value is -3.18. The van der Waals surface area contributed by atoms with Crippen molar-refractivity contribution in [1.29, 1.82) is 0 Å². The summed E-state index contributed by atoms with van der Waals surface area (Å²) in [6.45, 7) is 9.79. The van der Waals surface area contributed by atoms with Crippen LogP contribution in [-0.2, 0) is 29.2 Å². The maximum absolute atomic E-state index is 14.4. The van der Waals surface area contributed by atoms with E-state index in [0.717, 1.165) is 36.4 Å². The highest BCUT2D eigenvalue weighted by Crippen LogP contribution is 2.65. The van der Waals surface area contributed by atoms with E-state index in [0.29, 0.717) is 19.4 Å². The zero-order valence-electron chi connectivity index (χ0n) is 29.5. The molecule has 4 fully saturated rings. The van der Waals surface area contributed by atoms with Gasteiger partial charge in [-0.3, -0.25) is 19.2 Å². The fourth-order valence-electron chi connectivity index (χ4n) is 7.44. The first-order valence-corrected chi connectivity index (χ1v) is 18.7. The number of fused-ring (bicyclic) bond motifs is 1. The van der Waals surface area contributed by atoms with Gasteiger partial charge < -0.3 is 26.2 Å². The first-order valence-electron chi connectivity index (χ1n) is 17.1. The van der Waals surface area contributed by atoms with E-state index in [-0.39, 0.29) is 41.9 Å². The van der Waals surface area contributed by atoms with Gasteiger partial charge in [-0.25, -0.2) is 17.5 Å². The Morgan fingerprint density at radius 3 is 2.19 bits per heavy atom. The number of ketones is 1. The summed E-state index contributed by atoms with van der Waals surface area (Å²) in [5.74, 6) is -0.453. The maximum atomic E-state index is 14.4. The molecule has 0 aromatic rings. The van der Waals surface area contributed by atoms with Gasteiger partial charge in [-0.1, -0.05) is 53.9 Å². The largest absolute Gasteiger partial charge is 0.347 e. The third kappa shape index (κ3) is 8.33. The van der Waals surface area contributed by atoms with E-state index in [1.165, 1.54) is 19.0 Å². The van der Waals surface area contributed by atoms with Gasteiger partial charge in [0.15, 0.2) is 0 Å². The second-order valence-corrected chi connectivity index (χ2v) is 18.3. The van der Waals surface area contributed by atoms with Gasteiger partial charge in [0, 0.05) is 33.1 Å². The van der Waals surface area contributed by atoms with E-state index in [2.05, 4.69) is 27.2 Å². The van der Waals surface area contributed by atoms with Crippen molar-refractivity contribution in [3.8, 4) is 12.3 Å². The quantitative estimate of drug-likeness (QED) is 0.168. The molecular formula is C34H54N6O7S. The molecule has 3 saturated carbocycles. The van der Waals surface area contributed by atoms with E-state index in [9.17, 15) is 32.4 Å². The molecule has 0 bridgehead atoms. The number of Topliss-reactive ketones (excluding diaryl/α,β-unsaturated/α-hetero) is 1. The summed E-state index contributed by atoms with van der Waals surface area (Å²) >= 11 is 0. The van der Waals surface area contributed by atoms with Crippen LogP contribution in [0.5, 0.6) is 0 Å². The third-order valence-corrected chi connectivity index (χ3v) is 12.7. The number of hydrogen-bond donors (Lipinski definition) is 4. The first-order chi connectivity index (χ1) is 22.2. The van der Waals surface area contributed by atoms with Gasteiger partial charge in [-0.2, -0.15) is 0 Å². The molecule has 3 aliphatic carbocycles. The molecule has 5 atom stereocenters. The lowest BCUT2D eigenvalue weighted by Crippen LogP contribution is -2.64.